The number of rotatable bonds is 8. The average Bonchev–Trinajstić information content (AvgIpc) is 3.05. The number of sulfone groups is 1. The Labute approximate surface area is 138 Å². The standard InChI is InChI=1S/C17H25NO4S/c19-11-12-23(21,22)16-8-5-15(6-9-16)13-18-17(20)10-7-14-3-1-2-4-14/h5-6,8-9,14,19H,1-4,7,10-13H2,(H,18,20). The predicted octanol–water partition coefficient (Wildman–Crippen LogP) is 2.04. The first-order chi connectivity index (χ1) is 11.0. The van der Waals surface area contributed by atoms with Crippen LogP contribution in [-0.4, -0.2) is 31.8 Å². The van der Waals surface area contributed by atoms with Crippen molar-refractivity contribution in [3.05, 3.63) is 29.8 Å². The third-order valence-electron chi connectivity index (χ3n) is 4.39. The number of aliphatic hydroxyl groups is 1. The van der Waals surface area contributed by atoms with Crippen molar-refractivity contribution in [1.29, 1.82) is 0 Å². The van der Waals surface area contributed by atoms with Crippen molar-refractivity contribution in [2.75, 3.05) is 12.4 Å². The smallest absolute Gasteiger partial charge is 0.220 e. The summed E-state index contributed by atoms with van der Waals surface area (Å²) in [6.07, 6.45) is 6.60. The molecule has 128 valence electrons. The summed E-state index contributed by atoms with van der Waals surface area (Å²) in [7, 11) is -3.41. The molecule has 23 heavy (non-hydrogen) atoms. The fourth-order valence-corrected chi connectivity index (χ4v) is 4.00. The van der Waals surface area contributed by atoms with Crippen LogP contribution in [-0.2, 0) is 21.2 Å². The van der Waals surface area contributed by atoms with Crippen LogP contribution < -0.4 is 5.32 Å². The monoisotopic (exact) mass is 339 g/mol. The lowest BCUT2D eigenvalue weighted by atomic mass is 10.0. The van der Waals surface area contributed by atoms with Crippen molar-refractivity contribution in [2.24, 2.45) is 5.92 Å². The van der Waals surface area contributed by atoms with Gasteiger partial charge in [0.2, 0.25) is 5.91 Å². The summed E-state index contributed by atoms with van der Waals surface area (Å²) >= 11 is 0. The van der Waals surface area contributed by atoms with Gasteiger partial charge >= 0.3 is 0 Å². The van der Waals surface area contributed by atoms with Crippen LogP contribution in [0.3, 0.4) is 0 Å². The van der Waals surface area contributed by atoms with Crippen molar-refractivity contribution < 1.29 is 18.3 Å². The van der Waals surface area contributed by atoms with E-state index >= 15 is 0 Å². The lowest BCUT2D eigenvalue weighted by Gasteiger charge is -2.09. The third-order valence-corrected chi connectivity index (χ3v) is 6.10. The molecule has 6 heteroatoms. The van der Waals surface area contributed by atoms with Crippen molar-refractivity contribution in [3.63, 3.8) is 0 Å². The number of hydrogen-bond acceptors (Lipinski definition) is 4. The van der Waals surface area contributed by atoms with E-state index in [4.69, 9.17) is 5.11 Å². The van der Waals surface area contributed by atoms with Crippen LogP contribution in [0, 0.1) is 5.92 Å². The Hall–Kier alpha value is -1.40. The van der Waals surface area contributed by atoms with Crippen molar-refractivity contribution in [1.82, 2.24) is 5.32 Å². The van der Waals surface area contributed by atoms with Gasteiger partial charge in [0.25, 0.3) is 0 Å². The van der Waals surface area contributed by atoms with Gasteiger partial charge in [-0.05, 0) is 30.0 Å². The molecule has 0 spiro atoms. The number of hydrogen-bond donors (Lipinski definition) is 2. The maximum absolute atomic E-state index is 11.8. The number of carbonyl (C=O) groups is 1. The lowest BCUT2D eigenvalue weighted by Crippen LogP contribution is -2.23. The van der Waals surface area contributed by atoms with Crippen molar-refractivity contribution in [3.8, 4) is 0 Å². The van der Waals surface area contributed by atoms with E-state index < -0.39 is 9.84 Å². The largest absolute Gasteiger partial charge is 0.395 e. The van der Waals surface area contributed by atoms with E-state index in [1.807, 2.05) is 0 Å². The fraction of sp³-hybridized carbons (Fsp3) is 0.588. The highest BCUT2D eigenvalue weighted by atomic mass is 32.2. The van der Waals surface area contributed by atoms with Crippen LogP contribution in [0.5, 0.6) is 0 Å². The molecule has 1 fully saturated rings. The number of aliphatic hydroxyl groups excluding tert-OH is 1. The van der Waals surface area contributed by atoms with Gasteiger partial charge in [-0.1, -0.05) is 37.8 Å². The number of amides is 1. The zero-order valence-electron chi connectivity index (χ0n) is 13.3. The Morgan fingerprint density at radius 3 is 2.43 bits per heavy atom. The van der Waals surface area contributed by atoms with Gasteiger partial charge < -0.3 is 10.4 Å². The molecular formula is C17H25NO4S. The molecule has 1 saturated carbocycles. The SMILES string of the molecule is O=C(CCC1CCCC1)NCc1ccc(S(=O)(=O)CCO)cc1. The van der Waals surface area contributed by atoms with Gasteiger partial charge in [-0.15, -0.1) is 0 Å². The summed E-state index contributed by atoms with van der Waals surface area (Å²) in [5, 5.41) is 11.6. The summed E-state index contributed by atoms with van der Waals surface area (Å²) < 4.78 is 23.6. The Kier molecular flexibility index (Phi) is 6.59. The highest BCUT2D eigenvalue weighted by molar-refractivity contribution is 7.91. The van der Waals surface area contributed by atoms with Crippen molar-refractivity contribution >= 4 is 15.7 Å². The Bertz CT molecular complexity index is 604. The number of carbonyl (C=O) groups excluding carboxylic acids is 1. The zero-order valence-corrected chi connectivity index (χ0v) is 14.1. The average molecular weight is 339 g/mol. The molecule has 1 aromatic rings. The quantitative estimate of drug-likeness (QED) is 0.759. The Balaban J connectivity index is 1.78. The van der Waals surface area contributed by atoms with Crippen molar-refractivity contribution in [2.45, 2.75) is 50.0 Å². The molecule has 0 bridgehead atoms. The molecular weight excluding hydrogens is 314 g/mol. The second-order valence-electron chi connectivity index (χ2n) is 6.15. The number of benzene rings is 1. The first-order valence-electron chi connectivity index (χ1n) is 8.20. The van der Waals surface area contributed by atoms with E-state index in [0.29, 0.717) is 18.9 Å². The second kappa shape index (κ2) is 8.45. The maximum Gasteiger partial charge on any atom is 0.220 e. The summed E-state index contributed by atoms with van der Waals surface area (Å²) in [4.78, 5) is 12.0. The molecule has 1 aliphatic rings. The van der Waals surface area contributed by atoms with E-state index in [0.717, 1.165) is 12.0 Å². The van der Waals surface area contributed by atoms with E-state index in [9.17, 15) is 13.2 Å². The fourth-order valence-electron chi connectivity index (χ4n) is 2.98. The van der Waals surface area contributed by atoms with Gasteiger partial charge in [0.1, 0.15) is 0 Å². The summed E-state index contributed by atoms with van der Waals surface area (Å²) in [5.74, 6) is 0.482. The highest BCUT2D eigenvalue weighted by Gasteiger charge is 2.16. The van der Waals surface area contributed by atoms with Gasteiger partial charge in [0.05, 0.1) is 17.3 Å². The molecule has 5 nitrogen and oxygen atoms in total. The molecule has 1 aliphatic carbocycles. The lowest BCUT2D eigenvalue weighted by molar-refractivity contribution is -0.121. The highest BCUT2D eigenvalue weighted by Crippen LogP contribution is 2.28. The number of nitrogens with one attached hydrogen (secondary N) is 1. The zero-order chi connectivity index (χ0) is 16.7. The Morgan fingerprint density at radius 1 is 1.17 bits per heavy atom. The molecule has 0 aliphatic heterocycles. The van der Waals surface area contributed by atoms with E-state index in [1.54, 1.807) is 12.1 Å². The van der Waals surface area contributed by atoms with Crippen LogP contribution in [0.25, 0.3) is 0 Å². The predicted molar refractivity (Wildman–Crippen MR) is 88.6 cm³/mol. The van der Waals surface area contributed by atoms with E-state index in [-0.39, 0.29) is 23.2 Å². The molecule has 2 N–H and O–H groups in total. The van der Waals surface area contributed by atoms with Crippen LogP contribution in [0.1, 0.15) is 44.1 Å². The summed E-state index contributed by atoms with van der Waals surface area (Å²) in [6, 6.07) is 6.43. The van der Waals surface area contributed by atoms with Crippen LogP contribution in [0.15, 0.2) is 29.2 Å². The maximum atomic E-state index is 11.8. The molecule has 1 aromatic carbocycles. The topological polar surface area (TPSA) is 83.5 Å². The molecule has 0 saturated heterocycles. The molecule has 0 unspecified atom stereocenters. The minimum Gasteiger partial charge on any atom is -0.395 e. The van der Waals surface area contributed by atoms with Gasteiger partial charge in [0.15, 0.2) is 9.84 Å². The van der Waals surface area contributed by atoms with Gasteiger partial charge in [-0.25, -0.2) is 8.42 Å². The molecule has 0 heterocycles. The first kappa shape index (κ1) is 17.9. The minimum absolute atomic E-state index is 0.0499. The minimum atomic E-state index is -3.41. The third kappa shape index (κ3) is 5.62. The van der Waals surface area contributed by atoms with E-state index in [2.05, 4.69) is 5.32 Å². The van der Waals surface area contributed by atoms with Crippen LogP contribution in [0.2, 0.25) is 0 Å². The van der Waals surface area contributed by atoms with Gasteiger partial charge in [-0.3, -0.25) is 4.79 Å². The second-order valence-corrected chi connectivity index (χ2v) is 8.26. The van der Waals surface area contributed by atoms with E-state index in [1.165, 1.54) is 37.8 Å². The summed E-state index contributed by atoms with van der Waals surface area (Å²) in [5.41, 5.74) is 0.863. The van der Waals surface area contributed by atoms with Crippen LogP contribution >= 0.6 is 0 Å². The Morgan fingerprint density at radius 2 is 1.83 bits per heavy atom. The molecule has 1 amide bonds. The summed E-state index contributed by atoms with van der Waals surface area (Å²) in [6.45, 7) is 0.0188. The molecule has 0 atom stereocenters. The molecule has 0 radical (unpaired) electrons. The van der Waals surface area contributed by atoms with Gasteiger partial charge in [-0.2, -0.15) is 0 Å². The molecule has 0 aromatic heterocycles. The normalized spacial score (nSPS) is 15.7. The van der Waals surface area contributed by atoms with Crippen LogP contribution in [0.4, 0.5) is 0 Å². The molecule has 2 rings (SSSR count). The van der Waals surface area contributed by atoms with Gasteiger partial charge in [0, 0.05) is 13.0 Å². The first-order valence-corrected chi connectivity index (χ1v) is 9.86.